The largest absolute Gasteiger partial charge is 0.452 e. The lowest BCUT2D eigenvalue weighted by molar-refractivity contribution is 0.0763. The van der Waals surface area contributed by atoms with Crippen LogP contribution in [0.2, 0.25) is 0 Å². The molecule has 7 nitrogen and oxygen atoms in total. The summed E-state index contributed by atoms with van der Waals surface area (Å²) in [6.45, 7) is 0.338. The zero-order chi connectivity index (χ0) is 12.4. The van der Waals surface area contributed by atoms with Gasteiger partial charge >= 0.3 is 0 Å². The summed E-state index contributed by atoms with van der Waals surface area (Å²) in [4.78, 5) is 17.1. The predicted octanol–water partition coefficient (Wildman–Crippen LogP) is 1.01. The monoisotopic (exact) mass is 299 g/mol. The van der Waals surface area contributed by atoms with Gasteiger partial charge in [-0.25, -0.2) is 0 Å². The molecule has 0 bridgehead atoms. The van der Waals surface area contributed by atoms with Gasteiger partial charge in [0.05, 0.1) is 6.54 Å². The second-order valence-electron chi connectivity index (χ2n) is 3.41. The molecule has 0 aliphatic heterocycles. The van der Waals surface area contributed by atoms with Crippen LogP contribution in [0.4, 0.5) is 5.95 Å². The molecule has 0 unspecified atom stereocenters. The number of nitrogens with two attached hydrogens (primary N) is 1. The van der Waals surface area contributed by atoms with E-state index in [9.17, 15) is 4.79 Å². The third kappa shape index (κ3) is 2.64. The van der Waals surface area contributed by atoms with Crippen molar-refractivity contribution in [3.05, 3.63) is 28.4 Å². The van der Waals surface area contributed by atoms with Crippen LogP contribution in [0.5, 0.6) is 0 Å². The normalized spacial score (nSPS) is 10.5. The summed E-state index contributed by atoms with van der Waals surface area (Å²) in [6.07, 6.45) is 0. The fourth-order valence-electron chi connectivity index (χ4n) is 1.29. The zero-order valence-electron chi connectivity index (χ0n) is 8.98. The van der Waals surface area contributed by atoms with Crippen LogP contribution in [-0.2, 0) is 6.54 Å². The molecule has 0 aliphatic carbocycles. The Morgan fingerprint density at radius 1 is 1.65 bits per heavy atom. The predicted molar refractivity (Wildman–Crippen MR) is 63.0 cm³/mol. The summed E-state index contributed by atoms with van der Waals surface area (Å²) in [5.74, 6) is 0.514. The molecule has 3 N–H and O–H groups in total. The van der Waals surface area contributed by atoms with Crippen molar-refractivity contribution < 1.29 is 9.21 Å². The summed E-state index contributed by atoms with van der Waals surface area (Å²) in [5, 5.41) is 6.05. The smallest absolute Gasteiger partial charge is 0.291 e. The van der Waals surface area contributed by atoms with E-state index in [2.05, 4.69) is 31.1 Å². The standard InChI is InChI=1S/C9H10BrN5O2/c1-15(4-5-2-3-6(10)17-5)8(16)7-12-9(11)14-13-7/h2-3H,4H2,1H3,(H3,11,12,13,14). The second-order valence-corrected chi connectivity index (χ2v) is 4.19. The SMILES string of the molecule is CN(Cc1ccc(Br)o1)C(=O)c1nc(N)n[nH]1. The lowest BCUT2D eigenvalue weighted by Gasteiger charge is -2.13. The molecular weight excluding hydrogens is 290 g/mol. The summed E-state index contributed by atoms with van der Waals surface area (Å²) >= 11 is 3.19. The highest BCUT2D eigenvalue weighted by atomic mass is 79.9. The van der Waals surface area contributed by atoms with Crippen LogP contribution in [0, 0.1) is 0 Å². The van der Waals surface area contributed by atoms with Crippen LogP contribution >= 0.6 is 15.9 Å². The van der Waals surface area contributed by atoms with Gasteiger partial charge in [-0.2, -0.15) is 4.98 Å². The van der Waals surface area contributed by atoms with Crippen molar-refractivity contribution in [3.63, 3.8) is 0 Å². The molecule has 0 spiro atoms. The number of aromatic nitrogens is 3. The Hall–Kier alpha value is -1.83. The molecule has 0 atom stereocenters. The minimum atomic E-state index is -0.304. The Labute approximate surface area is 105 Å². The van der Waals surface area contributed by atoms with Gasteiger partial charge in [0.15, 0.2) is 4.67 Å². The van der Waals surface area contributed by atoms with Crippen molar-refractivity contribution >= 4 is 27.8 Å². The van der Waals surface area contributed by atoms with Crippen LogP contribution in [0.15, 0.2) is 21.2 Å². The van der Waals surface area contributed by atoms with Crippen molar-refractivity contribution in [1.29, 1.82) is 0 Å². The van der Waals surface area contributed by atoms with Gasteiger partial charge in [0.2, 0.25) is 11.8 Å². The molecule has 2 heterocycles. The number of hydrogen-bond donors (Lipinski definition) is 2. The molecule has 0 radical (unpaired) electrons. The van der Waals surface area contributed by atoms with Gasteiger partial charge in [-0.1, -0.05) is 0 Å². The number of rotatable bonds is 3. The number of carbonyl (C=O) groups excluding carboxylic acids is 1. The molecule has 1 amide bonds. The first kappa shape index (κ1) is 11.6. The third-order valence-corrected chi connectivity index (χ3v) is 2.50. The number of anilines is 1. The van der Waals surface area contributed by atoms with E-state index in [0.29, 0.717) is 17.0 Å². The molecule has 2 aromatic heterocycles. The van der Waals surface area contributed by atoms with Crippen molar-refractivity contribution in [3.8, 4) is 0 Å². The maximum atomic E-state index is 11.9. The van der Waals surface area contributed by atoms with E-state index in [1.165, 1.54) is 4.90 Å². The van der Waals surface area contributed by atoms with Gasteiger partial charge in [-0.3, -0.25) is 9.89 Å². The Morgan fingerprint density at radius 2 is 2.41 bits per heavy atom. The maximum absolute atomic E-state index is 11.9. The highest BCUT2D eigenvalue weighted by molar-refractivity contribution is 9.10. The van der Waals surface area contributed by atoms with Crippen molar-refractivity contribution in [2.75, 3.05) is 12.8 Å². The molecule has 0 aromatic carbocycles. The molecule has 17 heavy (non-hydrogen) atoms. The van der Waals surface area contributed by atoms with Crippen molar-refractivity contribution in [1.82, 2.24) is 20.1 Å². The molecule has 2 aromatic rings. The summed E-state index contributed by atoms with van der Waals surface area (Å²) in [6, 6.07) is 3.54. The van der Waals surface area contributed by atoms with Crippen molar-refractivity contribution in [2.45, 2.75) is 6.54 Å². The summed E-state index contributed by atoms with van der Waals surface area (Å²) in [7, 11) is 1.64. The number of furan rings is 1. The van der Waals surface area contributed by atoms with Gasteiger partial charge in [-0.05, 0) is 28.1 Å². The van der Waals surface area contributed by atoms with Crippen LogP contribution in [0.25, 0.3) is 0 Å². The second kappa shape index (κ2) is 4.58. The van der Waals surface area contributed by atoms with Crippen LogP contribution in [0.3, 0.4) is 0 Å². The van der Waals surface area contributed by atoms with Crippen LogP contribution in [-0.4, -0.2) is 33.0 Å². The number of nitrogen functional groups attached to an aromatic ring is 1. The lowest BCUT2D eigenvalue weighted by atomic mass is 10.4. The Balaban J connectivity index is 2.05. The first-order valence-electron chi connectivity index (χ1n) is 4.74. The number of carbonyl (C=O) groups is 1. The van der Waals surface area contributed by atoms with Crippen LogP contribution < -0.4 is 5.73 Å². The van der Waals surface area contributed by atoms with E-state index < -0.39 is 0 Å². The number of amides is 1. The summed E-state index contributed by atoms with van der Waals surface area (Å²) in [5.41, 5.74) is 5.32. The Kier molecular flexibility index (Phi) is 3.14. The summed E-state index contributed by atoms with van der Waals surface area (Å²) < 4.78 is 5.92. The molecule has 0 fully saturated rings. The zero-order valence-corrected chi connectivity index (χ0v) is 10.6. The average Bonchev–Trinajstić information content (AvgIpc) is 2.87. The molecule has 0 saturated carbocycles. The number of nitrogens with zero attached hydrogens (tertiary/aromatic N) is 3. The highest BCUT2D eigenvalue weighted by Gasteiger charge is 2.17. The van der Waals surface area contributed by atoms with Gasteiger partial charge in [0, 0.05) is 7.05 Å². The van der Waals surface area contributed by atoms with Gasteiger partial charge in [0.1, 0.15) is 5.76 Å². The number of H-pyrrole nitrogens is 1. The van der Waals surface area contributed by atoms with E-state index in [1.54, 1.807) is 19.2 Å². The minimum Gasteiger partial charge on any atom is -0.452 e. The Bertz CT molecular complexity index is 535. The first-order valence-corrected chi connectivity index (χ1v) is 5.53. The van der Waals surface area contributed by atoms with E-state index in [4.69, 9.17) is 10.2 Å². The van der Waals surface area contributed by atoms with Crippen molar-refractivity contribution in [2.24, 2.45) is 0 Å². The highest BCUT2D eigenvalue weighted by Crippen LogP contribution is 2.15. The number of nitrogens with one attached hydrogen (secondary N) is 1. The molecule has 0 aliphatic rings. The quantitative estimate of drug-likeness (QED) is 0.881. The number of hydrogen-bond acceptors (Lipinski definition) is 5. The molecule has 0 saturated heterocycles. The molecule has 90 valence electrons. The fourth-order valence-corrected chi connectivity index (χ4v) is 1.63. The fraction of sp³-hybridized carbons (Fsp3) is 0.222. The van der Waals surface area contributed by atoms with Crippen LogP contribution in [0.1, 0.15) is 16.4 Å². The van der Waals surface area contributed by atoms with Gasteiger partial charge in [-0.15, -0.1) is 5.10 Å². The van der Waals surface area contributed by atoms with E-state index in [1.807, 2.05) is 0 Å². The Morgan fingerprint density at radius 3 is 2.94 bits per heavy atom. The maximum Gasteiger partial charge on any atom is 0.291 e. The first-order chi connectivity index (χ1) is 8.06. The van der Waals surface area contributed by atoms with E-state index in [0.717, 1.165) is 0 Å². The minimum absolute atomic E-state index is 0.0440. The molecular formula is C9H10BrN5O2. The number of halogens is 1. The third-order valence-electron chi connectivity index (χ3n) is 2.07. The van der Waals surface area contributed by atoms with E-state index >= 15 is 0 Å². The molecule has 8 heteroatoms. The average molecular weight is 300 g/mol. The number of aromatic amines is 1. The van der Waals surface area contributed by atoms with Gasteiger partial charge < -0.3 is 15.1 Å². The van der Waals surface area contributed by atoms with E-state index in [-0.39, 0.29) is 17.7 Å². The molecule has 2 rings (SSSR count). The lowest BCUT2D eigenvalue weighted by Crippen LogP contribution is -2.27. The topological polar surface area (TPSA) is 101 Å². The van der Waals surface area contributed by atoms with Gasteiger partial charge in [0.25, 0.3) is 5.91 Å².